The number of ether oxygens (including phenoxy) is 1. The number of rotatable bonds is 7. The van der Waals surface area contributed by atoms with Crippen molar-refractivity contribution in [1.29, 1.82) is 0 Å². The molecule has 134 valence electrons. The lowest BCUT2D eigenvalue weighted by atomic mass is 10.2. The van der Waals surface area contributed by atoms with Gasteiger partial charge in [-0.1, -0.05) is 11.2 Å². The van der Waals surface area contributed by atoms with E-state index in [1.54, 1.807) is 41.7 Å². The van der Waals surface area contributed by atoms with Crippen LogP contribution in [-0.2, 0) is 20.9 Å². The van der Waals surface area contributed by atoms with Gasteiger partial charge in [-0.05, 0) is 35.7 Å². The van der Waals surface area contributed by atoms with Gasteiger partial charge in [0.2, 0.25) is 11.8 Å². The molecule has 0 unspecified atom stereocenters. The molecule has 0 aliphatic heterocycles. The number of benzene rings is 1. The third kappa shape index (κ3) is 5.01. The Hall–Kier alpha value is -2.97. The molecule has 2 N–H and O–H groups in total. The van der Waals surface area contributed by atoms with E-state index in [1.807, 2.05) is 17.5 Å². The Kier molecular flexibility index (Phi) is 5.77. The van der Waals surface area contributed by atoms with Crippen LogP contribution in [0.25, 0.3) is 10.6 Å². The average molecular weight is 371 g/mol. The van der Waals surface area contributed by atoms with Crippen LogP contribution in [0.2, 0.25) is 0 Å². The van der Waals surface area contributed by atoms with Crippen LogP contribution >= 0.6 is 11.3 Å². The zero-order valence-electron chi connectivity index (χ0n) is 14.0. The van der Waals surface area contributed by atoms with Gasteiger partial charge in [-0.2, -0.15) is 0 Å². The Morgan fingerprint density at radius 2 is 1.88 bits per heavy atom. The number of carbonyl (C=O) groups is 2. The van der Waals surface area contributed by atoms with Crippen molar-refractivity contribution in [2.75, 3.05) is 17.2 Å². The van der Waals surface area contributed by atoms with E-state index in [0.717, 1.165) is 4.88 Å². The molecular weight excluding hydrogens is 354 g/mol. The maximum atomic E-state index is 11.9. The number of aromatic nitrogens is 1. The Bertz CT molecular complexity index is 872. The Morgan fingerprint density at radius 1 is 1.15 bits per heavy atom. The van der Waals surface area contributed by atoms with Crippen LogP contribution in [0.1, 0.15) is 12.6 Å². The van der Waals surface area contributed by atoms with Crippen LogP contribution in [0.15, 0.2) is 52.4 Å². The summed E-state index contributed by atoms with van der Waals surface area (Å²) in [5.74, 6) is 0.256. The minimum atomic E-state index is -0.278. The van der Waals surface area contributed by atoms with Crippen molar-refractivity contribution in [2.24, 2.45) is 0 Å². The molecule has 1 aromatic carbocycles. The summed E-state index contributed by atoms with van der Waals surface area (Å²) >= 11 is 1.56. The minimum absolute atomic E-state index is 0.103. The first kappa shape index (κ1) is 17.8. The molecule has 0 fully saturated rings. The maximum Gasteiger partial charge on any atom is 0.250 e. The average Bonchev–Trinajstić information content (AvgIpc) is 3.27. The summed E-state index contributed by atoms with van der Waals surface area (Å²) in [6.45, 7) is 1.52. The van der Waals surface area contributed by atoms with Crippen molar-refractivity contribution in [3.8, 4) is 10.6 Å². The van der Waals surface area contributed by atoms with E-state index in [1.165, 1.54) is 6.92 Å². The van der Waals surface area contributed by atoms with Crippen molar-refractivity contribution in [2.45, 2.75) is 13.5 Å². The highest BCUT2D eigenvalue weighted by Crippen LogP contribution is 2.25. The fourth-order valence-corrected chi connectivity index (χ4v) is 2.87. The van der Waals surface area contributed by atoms with Crippen molar-refractivity contribution >= 4 is 34.5 Å². The van der Waals surface area contributed by atoms with Crippen LogP contribution in [0.4, 0.5) is 11.4 Å². The highest BCUT2D eigenvalue weighted by atomic mass is 32.1. The molecule has 26 heavy (non-hydrogen) atoms. The molecular formula is C18H17N3O4S. The second-order valence-electron chi connectivity index (χ2n) is 5.46. The summed E-state index contributed by atoms with van der Waals surface area (Å²) in [5, 5.41) is 11.3. The predicted octanol–water partition coefficient (Wildman–Crippen LogP) is 3.52. The van der Waals surface area contributed by atoms with Gasteiger partial charge in [0.15, 0.2) is 5.76 Å². The van der Waals surface area contributed by atoms with E-state index < -0.39 is 0 Å². The normalized spacial score (nSPS) is 10.5. The minimum Gasteiger partial charge on any atom is -0.365 e. The van der Waals surface area contributed by atoms with Crippen LogP contribution < -0.4 is 10.6 Å². The Balaban J connectivity index is 1.43. The number of thiophene rings is 1. The number of hydrogen-bond donors (Lipinski definition) is 2. The van der Waals surface area contributed by atoms with E-state index in [-0.39, 0.29) is 25.0 Å². The molecule has 3 rings (SSSR count). The van der Waals surface area contributed by atoms with E-state index in [9.17, 15) is 9.59 Å². The zero-order chi connectivity index (χ0) is 18.4. The monoisotopic (exact) mass is 371 g/mol. The van der Waals surface area contributed by atoms with Crippen molar-refractivity contribution < 1.29 is 18.8 Å². The third-order valence-corrected chi connectivity index (χ3v) is 4.18. The number of amides is 2. The summed E-state index contributed by atoms with van der Waals surface area (Å²) in [5.41, 5.74) is 1.91. The topological polar surface area (TPSA) is 93.5 Å². The van der Waals surface area contributed by atoms with Gasteiger partial charge < -0.3 is 19.9 Å². The van der Waals surface area contributed by atoms with Crippen molar-refractivity contribution in [1.82, 2.24) is 5.16 Å². The molecule has 7 nitrogen and oxygen atoms in total. The van der Waals surface area contributed by atoms with Gasteiger partial charge in [0.05, 0.1) is 11.5 Å². The smallest absolute Gasteiger partial charge is 0.250 e. The summed E-state index contributed by atoms with van der Waals surface area (Å²) < 4.78 is 10.6. The van der Waals surface area contributed by atoms with E-state index in [0.29, 0.717) is 22.8 Å². The number of hydrogen-bond acceptors (Lipinski definition) is 6. The summed E-state index contributed by atoms with van der Waals surface area (Å²) in [6, 6.07) is 12.5. The lowest BCUT2D eigenvalue weighted by molar-refractivity contribution is -0.121. The van der Waals surface area contributed by atoms with Gasteiger partial charge in [-0.25, -0.2) is 0 Å². The second kappa shape index (κ2) is 8.41. The Labute approximate surface area is 154 Å². The van der Waals surface area contributed by atoms with Crippen LogP contribution in [0, 0.1) is 0 Å². The predicted molar refractivity (Wildman–Crippen MR) is 98.8 cm³/mol. The lowest BCUT2D eigenvalue weighted by Crippen LogP contribution is -2.18. The highest BCUT2D eigenvalue weighted by Gasteiger charge is 2.09. The molecule has 0 atom stereocenters. The summed E-state index contributed by atoms with van der Waals surface area (Å²) in [7, 11) is 0. The molecule has 0 spiro atoms. The maximum absolute atomic E-state index is 11.9. The van der Waals surface area contributed by atoms with Crippen molar-refractivity contribution in [3.05, 3.63) is 53.5 Å². The van der Waals surface area contributed by atoms with Gasteiger partial charge in [0.25, 0.3) is 0 Å². The van der Waals surface area contributed by atoms with E-state index >= 15 is 0 Å². The molecule has 0 aliphatic carbocycles. The first-order chi connectivity index (χ1) is 12.6. The molecule has 0 radical (unpaired) electrons. The standard InChI is InChI=1S/C18H17N3O4S/c1-12(22)19-13-4-6-14(7-5-13)20-18(23)11-24-10-15-9-16(25-21-15)17-3-2-8-26-17/h2-9H,10-11H2,1H3,(H,19,22)(H,20,23). The molecule has 3 aromatic rings. The molecule has 0 saturated carbocycles. The number of anilines is 2. The summed E-state index contributed by atoms with van der Waals surface area (Å²) in [4.78, 5) is 23.9. The van der Waals surface area contributed by atoms with Crippen LogP contribution in [0.5, 0.6) is 0 Å². The SMILES string of the molecule is CC(=O)Nc1ccc(NC(=O)COCc2cc(-c3cccs3)on2)cc1. The van der Waals surface area contributed by atoms with Gasteiger partial charge in [0.1, 0.15) is 12.3 Å². The first-order valence-electron chi connectivity index (χ1n) is 7.85. The summed E-state index contributed by atoms with van der Waals surface area (Å²) in [6.07, 6.45) is 0. The van der Waals surface area contributed by atoms with Gasteiger partial charge in [0, 0.05) is 24.4 Å². The first-order valence-corrected chi connectivity index (χ1v) is 8.73. The molecule has 2 aromatic heterocycles. The van der Waals surface area contributed by atoms with Crippen LogP contribution in [0.3, 0.4) is 0 Å². The van der Waals surface area contributed by atoms with Gasteiger partial charge in [-0.15, -0.1) is 11.3 Å². The third-order valence-electron chi connectivity index (χ3n) is 3.30. The fraction of sp³-hybridized carbons (Fsp3) is 0.167. The van der Waals surface area contributed by atoms with E-state index in [2.05, 4.69) is 15.8 Å². The molecule has 2 amide bonds. The molecule has 0 aliphatic rings. The molecule has 8 heteroatoms. The molecule has 2 heterocycles. The van der Waals surface area contributed by atoms with Crippen LogP contribution in [-0.4, -0.2) is 23.6 Å². The van der Waals surface area contributed by atoms with E-state index in [4.69, 9.17) is 9.26 Å². The zero-order valence-corrected chi connectivity index (χ0v) is 14.8. The quantitative estimate of drug-likeness (QED) is 0.663. The fourth-order valence-electron chi connectivity index (χ4n) is 2.20. The largest absolute Gasteiger partial charge is 0.365 e. The number of nitrogens with zero attached hydrogens (tertiary/aromatic N) is 1. The highest BCUT2D eigenvalue weighted by molar-refractivity contribution is 7.13. The Morgan fingerprint density at radius 3 is 2.54 bits per heavy atom. The van der Waals surface area contributed by atoms with Gasteiger partial charge >= 0.3 is 0 Å². The molecule has 0 saturated heterocycles. The molecule has 0 bridgehead atoms. The number of nitrogens with one attached hydrogen (secondary N) is 2. The number of carbonyl (C=O) groups excluding carboxylic acids is 2. The second-order valence-corrected chi connectivity index (χ2v) is 6.41. The van der Waals surface area contributed by atoms with Crippen molar-refractivity contribution in [3.63, 3.8) is 0 Å². The van der Waals surface area contributed by atoms with Gasteiger partial charge in [-0.3, -0.25) is 9.59 Å². The lowest BCUT2D eigenvalue weighted by Gasteiger charge is -2.07.